The number of piperidine rings is 1. The van der Waals surface area contributed by atoms with Gasteiger partial charge in [0.1, 0.15) is 5.75 Å². The summed E-state index contributed by atoms with van der Waals surface area (Å²) in [6, 6.07) is 6.17. The van der Waals surface area contributed by atoms with E-state index in [1.807, 2.05) is 4.90 Å². The average Bonchev–Trinajstić information content (AvgIpc) is 2.37. The molecule has 4 nitrogen and oxygen atoms in total. The number of likely N-dealkylation sites (tertiary alicyclic amines) is 1. The normalized spacial score (nSPS) is 16.6. The fourth-order valence-corrected chi connectivity index (χ4v) is 2.06. The van der Waals surface area contributed by atoms with Gasteiger partial charge in [0.2, 0.25) is 0 Å². The minimum Gasteiger partial charge on any atom is -0.484 e. The van der Waals surface area contributed by atoms with Crippen molar-refractivity contribution in [2.75, 3.05) is 19.7 Å². The molecule has 1 saturated heterocycles. The molecule has 4 heteroatoms. The number of ether oxygens (including phenoxy) is 1. The van der Waals surface area contributed by atoms with Gasteiger partial charge >= 0.3 is 0 Å². The lowest BCUT2D eigenvalue weighted by Gasteiger charge is -2.30. The zero-order chi connectivity index (χ0) is 13.0. The van der Waals surface area contributed by atoms with Crippen LogP contribution in [0.2, 0.25) is 0 Å². The second kappa shape index (κ2) is 5.76. The molecular weight excluding hydrogens is 230 g/mol. The van der Waals surface area contributed by atoms with E-state index in [0.717, 1.165) is 25.9 Å². The van der Waals surface area contributed by atoms with Gasteiger partial charge in [-0.25, -0.2) is 0 Å². The summed E-state index contributed by atoms with van der Waals surface area (Å²) in [4.78, 5) is 13.7. The molecule has 18 heavy (non-hydrogen) atoms. The van der Waals surface area contributed by atoms with Crippen molar-refractivity contribution in [3.63, 3.8) is 0 Å². The molecule has 0 aliphatic carbocycles. The van der Waals surface area contributed by atoms with Gasteiger partial charge in [-0.15, -0.1) is 0 Å². The molecule has 1 fully saturated rings. The lowest BCUT2D eigenvalue weighted by Crippen LogP contribution is -2.40. The molecular formula is C14H18NO3. The van der Waals surface area contributed by atoms with E-state index in [1.165, 1.54) is 12.1 Å². The highest BCUT2D eigenvalue weighted by Gasteiger charge is 2.20. The molecule has 0 aromatic heterocycles. The van der Waals surface area contributed by atoms with E-state index in [9.17, 15) is 9.90 Å². The summed E-state index contributed by atoms with van der Waals surface area (Å²) in [6.45, 7) is 3.84. The van der Waals surface area contributed by atoms with Crippen LogP contribution >= 0.6 is 0 Å². The summed E-state index contributed by atoms with van der Waals surface area (Å²) < 4.78 is 5.34. The molecule has 2 rings (SSSR count). The molecule has 0 spiro atoms. The maximum atomic E-state index is 11.9. The lowest BCUT2D eigenvalue weighted by molar-refractivity contribution is -0.134. The van der Waals surface area contributed by atoms with Crippen LogP contribution in [0.5, 0.6) is 11.5 Å². The lowest BCUT2D eigenvalue weighted by atomic mass is 9.99. The van der Waals surface area contributed by atoms with Crippen LogP contribution in [0.1, 0.15) is 19.8 Å². The standard InChI is InChI=1S/C14H18NO3/c1-11-5-7-15(8-6-11)14(17)10-18-13-4-2-3-12(16)9-13/h2-4,9,11H,5-8,10H2,1H3. The van der Waals surface area contributed by atoms with Gasteiger partial charge in [-0.2, -0.15) is 0 Å². The van der Waals surface area contributed by atoms with Gasteiger partial charge in [0.05, 0.1) is 0 Å². The number of benzene rings is 1. The first-order valence-corrected chi connectivity index (χ1v) is 6.33. The first-order chi connectivity index (χ1) is 8.65. The molecule has 0 saturated carbocycles. The third-order valence-electron chi connectivity index (χ3n) is 3.30. The predicted molar refractivity (Wildman–Crippen MR) is 67.0 cm³/mol. The molecule has 1 radical (unpaired) electrons. The molecule has 97 valence electrons. The first-order valence-electron chi connectivity index (χ1n) is 6.33. The van der Waals surface area contributed by atoms with Crippen molar-refractivity contribution >= 4 is 5.91 Å². The Kier molecular flexibility index (Phi) is 4.07. The monoisotopic (exact) mass is 248 g/mol. The Labute approximate surface area is 107 Å². The Hall–Kier alpha value is -1.71. The van der Waals surface area contributed by atoms with Crippen LogP contribution in [0.25, 0.3) is 0 Å². The van der Waals surface area contributed by atoms with Crippen molar-refractivity contribution in [3.05, 3.63) is 24.3 Å². The number of carbonyl (C=O) groups excluding carboxylic acids is 1. The van der Waals surface area contributed by atoms with Crippen LogP contribution in [0.3, 0.4) is 0 Å². The number of carbonyl (C=O) groups is 1. The van der Waals surface area contributed by atoms with E-state index in [-0.39, 0.29) is 18.3 Å². The molecule has 1 aliphatic heterocycles. The van der Waals surface area contributed by atoms with Crippen molar-refractivity contribution in [2.24, 2.45) is 5.92 Å². The second-order valence-corrected chi connectivity index (χ2v) is 4.83. The van der Waals surface area contributed by atoms with E-state index in [4.69, 9.17) is 4.74 Å². The smallest absolute Gasteiger partial charge is 0.260 e. The Balaban J connectivity index is 1.81. The summed E-state index contributed by atoms with van der Waals surface area (Å²) in [5.41, 5.74) is 0. The van der Waals surface area contributed by atoms with Gasteiger partial charge in [0.15, 0.2) is 12.4 Å². The van der Waals surface area contributed by atoms with Crippen molar-refractivity contribution in [2.45, 2.75) is 19.8 Å². The van der Waals surface area contributed by atoms with E-state index in [0.29, 0.717) is 11.7 Å². The van der Waals surface area contributed by atoms with Crippen LogP contribution in [0, 0.1) is 5.92 Å². The molecule has 1 amide bonds. The summed E-state index contributed by atoms with van der Waals surface area (Å²) in [6.07, 6.45) is 2.11. The van der Waals surface area contributed by atoms with Gasteiger partial charge in [-0.3, -0.25) is 9.90 Å². The van der Waals surface area contributed by atoms with Gasteiger partial charge in [-0.1, -0.05) is 13.0 Å². The van der Waals surface area contributed by atoms with E-state index >= 15 is 0 Å². The first kappa shape index (κ1) is 12.7. The van der Waals surface area contributed by atoms with Crippen LogP contribution in [0.4, 0.5) is 0 Å². The Morgan fingerprint density at radius 2 is 2.11 bits per heavy atom. The molecule has 1 aliphatic rings. The third-order valence-corrected chi connectivity index (χ3v) is 3.30. The van der Waals surface area contributed by atoms with Crippen LogP contribution in [-0.4, -0.2) is 30.5 Å². The third kappa shape index (κ3) is 3.39. The van der Waals surface area contributed by atoms with Crippen molar-refractivity contribution < 1.29 is 14.6 Å². The molecule has 0 unspecified atom stereocenters. The summed E-state index contributed by atoms with van der Waals surface area (Å²) in [7, 11) is 0. The van der Waals surface area contributed by atoms with E-state index < -0.39 is 0 Å². The molecule has 0 bridgehead atoms. The molecule has 1 heterocycles. The zero-order valence-corrected chi connectivity index (χ0v) is 10.6. The molecule has 1 aromatic carbocycles. The fraction of sp³-hybridized carbons (Fsp3) is 0.500. The average molecular weight is 248 g/mol. The zero-order valence-electron chi connectivity index (χ0n) is 10.6. The summed E-state index contributed by atoms with van der Waals surface area (Å²) in [5.74, 6) is 1.05. The summed E-state index contributed by atoms with van der Waals surface area (Å²) >= 11 is 0. The van der Waals surface area contributed by atoms with Gasteiger partial charge in [-0.05, 0) is 30.9 Å². The van der Waals surface area contributed by atoms with Gasteiger partial charge in [0.25, 0.3) is 5.91 Å². The van der Waals surface area contributed by atoms with Crippen molar-refractivity contribution in [1.82, 2.24) is 4.90 Å². The maximum absolute atomic E-state index is 11.9. The quantitative estimate of drug-likeness (QED) is 0.825. The minimum absolute atomic E-state index is 0.00166. The number of rotatable bonds is 3. The molecule has 1 aromatic rings. The molecule has 0 N–H and O–H groups in total. The van der Waals surface area contributed by atoms with E-state index in [2.05, 4.69) is 6.92 Å². The highest BCUT2D eigenvalue weighted by atomic mass is 16.5. The maximum Gasteiger partial charge on any atom is 0.260 e. The van der Waals surface area contributed by atoms with Crippen molar-refractivity contribution in [3.8, 4) is 11.5 Å². The minimum atomic E-state index is -0.105. The van der Waals surface area contributed by atoms with Crippen molar-refractivity contribution in [1.29, 1.82) is 0 Å². The van der Waals surface area contributed by atoms with Crippen LogP contribution < -0.4 is 4.74 Å². The topological polar surface area (TPSA) is 49.4 Å². The number of hydrogen-bond donors (Lipinski definition) is 0. The largest absolute Gasteiger partial charge is 0.484 e. The Morgan fingerprint density at radius 1 is 1.39 bits per heavy atom. The highest BCUT2D eigenvalue weighted by molar-refractivity contribution is 5.77. The predicted octanol–water partition coefficient (Wildman–Crippen LogP) is 2.47. The molecule has 0 atom stereocenters. The summed E-state index contributed by atoms with van der Waals surface area (Å²) in [5, 5.41) is 11.1. The SMILES string of the molecule is CC1CCN(C(=O)COc2cccc([O])c2)CC1. The Morgan fingerprint density at radius 3 is 2.78 bits per heavy atom. The fourth-order valence-electron chi connectivity index (χ4n) is 2.06. The van der Waals surface area contributed by atoms with Crippen LogP contribution in [0.15, 0.2) is 24.3 Å². The number of amides is 1. The van der Waals surface area contributed by atoms with Gasteiger partial charge in [0, 0.05) is 19.2 Å². The van der Waals surface area contributed by atoms with Gasteiger partial charge < -0.3 is 9.64 Å². The van der Waals surface area contributed by atoms with E-state index in [1.54, 1.807) is 12.1 Å². The number of nitrogens with zero attached hydrogens (tertiary/aromatic N) is 1. The highest BCUT2D eigenvalue weighted by Crippen LogP contribution is 2.19. The second-order valence-electron chi connectivity index (χ2n) is 4.83. The number of hydrogen-bond acceptors (Lipinski definition) is 2. The Bertz CT molecular complexity index is 411. The van der Waals surface area contributed by atoms with Crippen LogP contribution in [-0.2, 0) is 9.90 Å².